The molecule has 0 radical (unpaired) electrons. The predicted octanol–water partition coefficient (Wildman–Crippen LogP) is 6.42. The number of hydrogen-bond donors (Lipinski definition) is 0. The monoisotopic (exact) mass is 440 g/mol. The van der Waals surface area contributed by atoms with Crippen LogP contribution in [-0.4, -0.2) is 11.3 Å². The molecule has 0 aliphatic heterocycles. The second kappa shape index (κ2) is 10.9. The lowest BCUT2D eigenvalue weighted by molar-refractivity contribution is 0.793. The molecule has 0 nitrogen and oxygen atoms in total. The van der Waals surface area contributed by atoms with E-state index in [0.717, 1.165) is 0 Å². The number of benzene rings is 4. The van der Waals surface area contributed by atoms with Crippen molar-refractivity contribution in [2.45, 2.75) is 31.6 Å². The van der Waals surface area contributed by atoms with Crippen LogP contribution in [-0.2, 0) is 0 Å². The summed E-state index contributed by atoms with van der Waals surface area (Å²) in [5, 5.41) is 5.92. The maximum atomic E-state index is 2.46. The first-order valence-corrected chi connectivity index (χ1v) is 13.8. The molecule has 2 atom stereocenters. The highest BCUT2D eigenvalue weighted by Gasteiger charge is 2.27. The molecule has 0 aromatic heterocycles. The third kappa shape index (κ3) is 5.51. The van der Waals surface area contributed by atoms with Gasteiger partial charge in [-0.2, -0.15) is 0 Å². The van der Waals surface area contributed by atoms with Crippen LogP contribution in [0, 0.1) is 0 Å². The molecule has 4 aromatic carbocycles. The Morgan fingerprint density at radius 3 is 0.871 bits per heavy atom. The van der Waals surface area contributed by atoms with E-state index < -0.39 is 15.8 Å². The summed E-state index contributed by atoms with van der Waals surface area (Å²) in [4.78, 5) is 0. The Morgan fingerprint density at radius 2 is 0.645 bits per heavy atom. The summed E-state index contributed by atoms with van der Waals surface area (Å²) in [6, 6.07) is 44.5. The van der Waals surface area contributed by atoms with Crippen molar-refractivity contribution in [2.24, 2.45) is 0 Å². The van der Waals surface area contributed by atoms with Crippen molar-refractivity contribution in [3.63, 3.8) is 0 Å². The van der Waals surface area contributed by atoms with Gasteiger partial charge in [0.25, 0.3) is 0 Å². The largest absolute Gasteiger partial charge is 0.0622 e. The standard InChI is InChI=1S/C29H30P2/c1-24(30(26-15-7-3-8-16-26)27-17-9-4-10-18-27)23-25(2)31(28-19-11-5-12-20-28)29-21-13-6-14-22-29/h3-22,24-25H,23H2,1-2H3/t24-,25+. The van der Waals surface area contributed by atoms with Gasteiger partial charge in [0.2, 0.25) is 0 Å². The minimum atomic E-state index is -0.397. The molecule has 0 saturated carbocycles. The second-order valence-corrected chi connectivity index (χ2v) is 13.3. The Balaban J connectivity index is 1.65. The summed E-state index contributed by atoms with van der Waals surface area (Å²) in [5.74, 6) is 0. The van der Waals surface area contributed by atoms with Crippen molar-refractivity contribution in [3.8, 4) is 0 Å². The van der Waals surface area contributed by atoms with Crippen molar-refractivity contribution in [1.29, 1.82) is 0 Å². The first kappa shape index (κ1) is 22.0. The molecule has 0 N–H and O–H groups in total. The van der Waals surface area contributed by atoms with E-state index in [9.17, 15) is 0 Å². The lowest BCUT2D eigenvalue weighted by Crippen LogP contribution is -2.26. The van der Waals surface area contributed by atoms with E-state index >= 15 is 0 Å². The molecule has 31 heavy (non-hydrogen) atoms. The third-order valence-corrected chi connectivity index (χ3v) is 11.3. The molecular weight excluding hydrogens is 410 g/mol. The first-order valence-electron chi connectivity index (χ1n) is 11.0. The maximum absolute atomic E-state index is 2.46. The van der Waals surface area contributed by atoms with Gasteiger partial charge in [-0.05, 0) is 54.8 Å². The van der Waals surface area contributed by atoms with Crippen LogP contribution in [0.5, 0.6) is 0 Å². The van der Waals surface area contributed by atoms with Crippen LogP contribution in [0.3, 0.4) is 0 Å². The van der Waals surface area contributed by atoms with E-state index in [1.54, 1.807) is 0 Å². The Kier molecular flexibility index (Phi) is 7.69. The minimum absolute atomic E-state index is 0.397. The molecule has 0 unspecified atom stereocenters. The van der Waals surface area contributed by atoms with Crippen LogP contribution in [0.1, 0.15) is 20.3 Å². The molecule has 0 aliphatic rings. The lowest BCUT2D eigenvalue weighted by Gasteiger charge is -2.32. The molecule has 0 fully saturated rings. The minimum Gasteiger partial charge on any atom is -0.0622 e. The Hall–Kier alpha value is -2.26. The highest BCUT2D eigenvalue weighted by molar-refractivity contribution is 7.74. The molecule has 0 aliphatic carbocycles. The van der Waals surface area contributed by atoms with Crippen LogP contribution >= 0.6 is 15.8 Å². The Morgan fingerprint density at radius 1 is 0.419 bits per heavy atom. The second-order valence-electron chi connectivity index (χ2n) is 8.02. The van der Waals surface area contributed by atoms with E-state index in [4.69, 9.17) is 0 Å². The van der Waals surface area contributed by atoms with Gasteiger partial charge < -0.3 is 0 Å². The van der Waals surface area contributed by atoms with Crippen molar-refractivity contribution in [1.82, 2.24) is 0 Å². The van der Waals surface area contributed by atoms with Gasteiger partial charge >= 0.3 is 0 Å². The zero-order valence-corrected chi connectivity index (χ0v) is 20.1. The summed E-state index contributed by atoms with van der Waals surface area (Å²) in [6.45, 7) is 4.93. The first-order chi connectivity index (χ1) is 15.2. The summed E-state index contributed by atoms with van der Waals surface area (Å²) >= 11 is 0. The smallest absolute Gasteiger partial charge is 0.0151 e. The average molecular weight is 441 g/mol. The Labute approximate surface area is 189 Å². The van der Waals surface area contributed by atoms with E-state index in [1.165, 1.54) is 27.6 Å². The summed E-state index contributed by atoms with van der Waals surface area (Å²) in [7, 11) is -0.794. The molecule has 0 amide bonds. The van der Waals surface area contributed by atoms with E-state index in [2.05, 4.69) is 135 Å². The number of rotatable bonds is 8. The highest BCUT2D eigenvalue weighted by Crippen LogP contribution is 2.47. The van der Waals surface area contributed by atoms with Gasteiger partial charge in [-0.1, -0.05) is 135 Å². The van der Waals surface area contributed by atoms with Gasteiger partial charge in [0.1, 0.15) is 0 Å². The van der Waals surface area contributed by atoms with Gasteiger partial charge in [-0.25, -0.2) is 0 Å². The normalized spacial score (nSPS) is 13.3. The van der Waals surface area contributed by atoms with Crippen molar-refractivity contribution >= 4 is 37.1 Å². The molecule has 2 heteroatoms. The molecule has 0 saturated heterocycles. The fourth-order valence-electron chi connectivity index (χ4n) is 4.37. The average Bonchev–Trinajstić information content (AvgIpc) is 2.82. The quantitative estimate of drug-likeness (QED) is 0.277. The predicted molar refractivity (Wildman–Crippen MR) is 142 cm³/mol. The van der Waals surface area contributed by atoms with Crippen LogP contribution in [0.25, 0.3) is 0 Å². The van der Waals surface area contributed by atoms with Gasteiger partial charge in [-0.3, -0.25) is 0 Å². The molecule has 0 heterocycles. The van der Waals surface area contributed by atoms with Gasteiger partial charge in [0.15, 0.2) is 0 Å². The molecule has 4 rings (SSSR count). The van der Waals surface area contributed by atoms with Crippen LogP contribution < -0.4 is 21.2 Å². The van der Waals surface area contributed by atoms with Gasteiger partial charge in [0, 0.05) is 0 Å². The Bertz CT molecular complexity index is 867. The molecular formula is C29H30P2. The fraction of sp³-hybridized carbons (Fsp3) is 0.172. The maximum Gasteiger partial charge on any atom is -0.0151 e. The number of hydrogen-bond acceptors (Lipinski definition) is 0. The van der Waals surface area contributed by atoms with Crippen LogP contribution in [0.2, 0.25) is 0 Å². The lowest BCUT2D eigenvalue weighted by atomic mass is 10.3. The van der Waals surface area contributed by atoms with Crippen LogP contribution in [0.4, 0.5) is 0 Å². The van der Waals surface area contributed by atoms with Crippen molar-refractivity contribution in [3.05, 3.63) is 121 Å². The van der Waals surface area contributed by atoms with Crippen LogP contribution in [0.15, 0.2) is 121 Å². The van der Waals surface area contributed by atoms with E-state index in [-0.39, 0.29) is 0 Å². The fourth-order valence-corrected chi connectivity index (χ4v) is 10.2. The van der Waals surface area contributed by atoms with Gasteiger partial charge in [0.05, 0.1) is 0 Å². The van der Waals surface area contributed by atoms with Crippen molar-refractivity contribution in [2.75, 3.05) is 0 Å². The molecule has 156 valence electrons. The highest BCUT2D eigenvalue weighted by atomic mass is 31.1. The zero-order chi connectivity index (χ0) is 21.5. The van der Waals surface area contributed by atoms with E-state index in [1.807, 2.05) is 0 Å². The van der Waals surface area contributed by atoms with E-state index in [0.29, 0.717) is 11.3 Å². The molecule has 0 bridgehead atoms. The summed E-state index contributed by atoms with van der Waals surface area (Å²) < 4.78 is 0. The topological polar surface area (TPSA) is 0 Å². The third-order valence-electron chi connectivity index (χ3n) is 5.70. The molecule has 0 spiro atoms. The SMILES string of the molecule is C[C@H](C[C@H](C)P(c1ccccc1)c1ccccc1)P(c1ccccc1)c1ccccc1. The summed E-state index contributed by atoms with van der Waals surface area (Å²) in [5.41, 5.74) is 1.21. The zero-order valence-electron chi connectivity index (χ0n) is 18.3. The molecule has 4 aromatic rings. The van der Waals surface area contributed by atoms with Crippen molar-refractivity contribution < 1.29 is 0 Å². The van der Waals surface area contributed by atoms with Gasteiger partial charge in [-0.15, -0.1) is 0 Å². The summed E-state index contributed by atoms with van der Waals surface area (Å²) in [6.07, 6.45) is 1.21.